The van der Waals surface area contributed by atoms with Crippen molar-refractivity contribution in [1.82, 2.24) is 4.57 Å². The number of pyridine rings is 1. The number of para-hydroxylation sites is 1. The Labute approximate surface area is 251 Å². The summed E-state index contributed by atoms with van der Waals surface area (Å²) >= 11 is 0. The van der Waals surface area contributed by atoms with Gasteiger partial charge < -0.3 is 9.30 Å². The van der Waals surface area contributed by atoms with Crippen molar-refractivity contribution in [2.75, 3.05) is 0 Å². The highest BCUT2D eigenvalue weighted by molar-refractivity contribution is 5.94. The van der Waals surface area contributed by atoms with Crippen molar-refractivity contribution in [2.45, 2.75) is 77.7 Å². The molecule has 3 nitrogen and oxygen atoms in total. The van der Waals surface area contributed by atoms with E-state index in [2.05, 4.69) is 157 Å². The van der Waals surface area contributed by atoms with E-state index in [0.717, 1.165) is 12.2 Å². The van der Waals surface area contributed by atoms with Gasteiger partial charge in [-0.05, 0) is 51.8 Å². The number of nitrogens with zero attached hydrogens (tertiary/aromatic N) is 2. The minimum atomic E-state index is -0.0794. The minimum absolute atomic E-state index is 0.0151. The summed E-state index contributed by atoms with van der Waals surface area (Å²) in [5.74, 6) is 1.22. The van der Waals surface area contributed by atoms with Crippen molar-refractivity contribution < 1.29 is 9.30 Å². The lowest BCUT2D eigenvalue weighted by Gasteiger charge is -2.31. The predicted octanol–water partition coefficient (Wildman–Crippen LogP) is 9.04. The first-order valence-corrected chi connectivity index (χ1v) is 15.3. The van der Waals surface area contributed by atoms with Crippen LogP contribution in [0.3, 0.4) is 0 Å². The summed E-state index contributed by atoms with van der Waals surface area (Å²) in [6, 6.07) is 29.0. The fourth-order valence-electron chi connectivity index (χ4n) is 6.76. The van der Waals surface area contributed by atoms with E-state index in [1.54, 1.807) is 0 Å². The summed E-state index contributed by atoms with van der Waals surface area (Å²) in [5.41, 5.74) is 11.5. The van der Waals surface area contributed by atoms with Gasteiger partial charge in [0.1, 0.15) is 18.9 Å². The lowest BCUT2D eigenvalue weighted by Crippen LogP contribution is -2.31. The maximum Gasteiger partial charge on any atom is 0.212 e. The van der Waals surface area contributed by atoms with E-state index in [1.165, 1.54) is 55.7 Å². The monoisotopic (exact) mass is 557 g/mol. The second-order valence-corrected chi connectivity index (χ2v) is 14.2. The summed E-state index contributed by atoms with van der Waals surface area (Å²) in [7, 11) is 4.35. The molecule has 3 heterocycles. The Hall–Kier alpha value is -3.85. The zero-order valence-electron chi connectivity index (χ0n) is 26.7. The average Bonchev–Trinajstić information content (AvgIpc) is 3.17. The predicted molar refractivity (Wildman–Crippen MR) is 175 cm³/mol. The summed E-state index contributed by atoms with van der Waals surface area (Å²) in [6.07, 6.45) is 2.91. The minimum Gasteiger partial charge on any atom is -0.488 e. The molecule has 2 unspecified atom stereocenters. The third-order valence-corrected chi connectivity index (χ3v) is 9.22. The molecule has 3 aromatic carbocycles. The van der Waals surface area contributed by atoms with Crippen molar-refractivity contribution in [1.29, 1.82) is 0 Å². The molecule has 3 heteroatoms. The molecule has 0 spiro atoms. The van der Waals surface area contributed by atoms with Gasteiger partial charge in [-0.3, -0.25) is 0 Å². The molecule has 6 rings (SSSR count). The van der Waals surface area contributed by atoms with Crippen molar-refractivity contribution in [3.63, 3.8) is 0 Å². The van der Waals surface area contributed by atoms with Gasteiger partial charge in [0, 0.05) is 59.1 Å². The molecule has 5 aromatic rings. The topological polar surface area (TPSA) is 18.0 Å². The Bertz CT molecular complexity index is 1790. The van der Waals surface area contributed by atoms with Crippen molar-refractivity contribution in [2.24, 2.45) is 14.1 Å². The van der Waals surface area contributed by atoms with Crippen molar-refractivity contribution >= 4 is 10.9 Å². The van der Waals surface area contributed by atoms with Gasteiger partial charge in [-0.1, -0.05) is 90.9 Å². The van der Waals surface area contributed by atoms with Crippen molar-refractivity contribution in [3.05, 3.63) is 107 Å². The van der Waals surface area contributed by atoms with Crippen LogP contribution in [-0.2, 0) is 31.3 Å². The van der Waals surface area contributed by atoms with E-state index >= 15 is 0 Å². The zero-order chi connectivity index (χ0) is 30.0. The van der Waals surface area contributed by atoms with E-state index < -0.39 is 0 Å². The maximum absolute atomic E-state index is 7.34. The smallest absolute Gasteiger partial charge is 0.212 e. The van der Waals surface area contributed by atoms with E-state index in [-0.39, 0.29) is 22.9 Å². The number of hydrogen-bond donors (Lipinski definition) is 0. The van der Waals surface area contributed by atoms with Crippen LogP contribution in [0.25, 0.3) is 33.4 Å². The number of aryl methyl sites for hydroxylation is 2. The fourth-order valence-corrected chi connectivity index (χ4v) is 6.76. The first kappa shape index (κ1) is 28.3. The van der Waals surface area contributed by atoms with Crippen LogP contribution in [0.2, 0.25) is 0 Å². The number of benzene rings is 3. The third kappa shape index (κ3) is 4.73. The molecule has 1 aliphatic heterocycles. The van der Waals surface area contributed by atoms with Gasteiger partial charge in [0.15, 0.2) is 6.20 Å². The molecule has 1 aliphatic rings. The van der Waals surface area contributed by atoms with Crippen LogP contribution in [-0.4, -0.2) is 10.7 Å². The number of fused-ring (bicyclic) bond motifs is 5. The number of aromatic nitrogens is 2. The largest absolute Gasteiger partial charge is 0.488 e. The van der Waals surface area contributed by atoms with Gasteiger partial charge in [0.05, 0.1) is 5.69 Å². The van der Waals surface area contributed by atoms with E-state index in [0.29, 0.717) is 0 Å². The van der Waals surface area contributed by atoms with Gasteiger partial charge in [-0.15, -0.1) is 0 Å². The SMILES string of the molecule is CC1c2c(n(C)c3ccccc23)-c2cc(C(C)(C)C)cc(C(C)(C)C)c2OC1Cc1ccccc1-c1cccc[n+]1C. The molecule has 42 heavy (non-hydrogen) atoms. The van der Waals surface area contributed by atoms with Crippen LogP contribution in [0.4, 0.5) is 0 Å². The number of rotatable bonds is 3. The van der Waals surface area contributed by atoms with Crippen LogP contribution in [0, 0.1) is 0 Å². The molecule has 0 saturated heterocycles. The highest BCUT2D eigenvalue weighted by Gasteiger charge is 2.37. The Morgan fingerprint density at radius 1 is 0.810 bits per heavy atom. The Balaban J connectivity index is 1.62. The Kier molecular flexibility index (Phi) is 6.84. The van der Waals surface area contributed by atoms with Crippen LogP contribution < -0.4 is 9.30 Å². The number of hydrogen-bond acceptors (Lipinski definition) is 1. The average molecular weight is 558 g/mol. The zero-order valence-corrected chi connectivity index (χ0v) is 26.7. The molecule has 0 N–H and O–H groups in total. The van der Waals surface area contributed by atoms with Crippen LogP contribution in [0.15, 0.2) is 85.1 Å². The molecule has 2 atom stereocenters. The molecule has 0 radical (unpaired) electrons. The van der Waals surface area contributed by atoms with E-state index in [4.69, 9.17) is 4.74 Å². The molecule has 0 saturated carbocycles. The highest BCUT2D eigenvalue weighted by atomic mass is 16.5. The van der Waals surface area contributed by atoms with Gasteiger partial charge in [-0.25, -0.2) is 4.57 Å². The molecule has 216 valence electrons. The molecule has 0 bridgehead atoms. The van der Waals surface area contributed by atoms with Crippen molar-refractivity contribution in [3.8, 4) is 28.3 Å². The van der Waals surface area contributed by atoms with Crippen LogP contribution >= 0.6 is 0 Å². The van der Waals surface area contributed by atoms with Gasteiger partial charge >= 0.3 is 0 Å². The normalized spacial score (nSPS) is 17.0. The first-order chi connectivity index (χ1) is 19.9. The van der Waals surface area contributed by atoms with Crippen LogP contribution in [0.1, 0.15) is 76.6 Å². The van der Waals surface area contributed by atoms with Crippen LogP contribution in [0.5, 0.6) is 5.75 Å². The molecule has 0 fully saturated rings. The van der Waals surface area contributed by atoms with Gasteiger partial charge in [-0.2, -0.15) is 0 Å². The maximum atomic E-state index is 7.34. The van der Waals surface area contributed by atoms with E-state index in [1.807, 2.05) is 0 Å². The third-order valence-electron chi connectivity index (χ3n) is 9.22. The van der Waals surface area contributed by atoms with E-state index in [9.17, 15) is 0 Å². The lowest BCUT2D eigenvalue weighted by atomic mass is 9.78. The fraction of sp³-hybridized carbons (Fsp3) is 0.359. The second kappa shape index (κ2) is 10.2. The molecular weight excluding hydrogens is 512 g/mol. The van der Waals surface area contributed by atoms with Gasteiger partial charge in [0.25, 0.3) is 0 Å². The standard InChI is InChI=1S/C39H45N2O/c1-25-34(22-26-16-10-11-17-28(26)32-19-14-15-21-40(32)8)42-37-30(23-27(38(2,3)4)24-31(37)39(5,6)7)36-35(25)29-18-12-13-20-33(29)41(36)9/h10-21,23-25,34H,22H2,1-9H3/q+1. The first-order valence-electron chi connectivity index (χ1n) is 15.3. The molecule has 0 aliphatic carbocycles. The quantitative estimate of drug-likeness (QED) is 0.202. The molecule has 0 amide bonds. The Morgan fingerprint density at radius 3 is 2.21 bits per heavy atom. The molecular formula is C39H45N2O+. The number of ether oxygens (including phenoxy) is 1. The summed E-state index contributed by atoms with van der Waals surface area (Å²) in [4.78, 5) is 0. The van der Waals surface area contributed by atoms with Gasteiger partial charge in [0.2, 0.25) is 5.69 Å². The molecule has 2 aromatic heterocycles. The second-order valence-electron chi connectivity index (χ2n) is 14.2. The summed E-state index contributed by atoms with van der Waals surface area (Å²) in [6.45, 7) is 16.3. The Morgan fingerprint density at radius 2 is 1.50 bits per heavy atom. The summed E-state index contributed by atoms with van der Waals surface area (Å²) < 4.78 is 12.0. The highest BCUT2D eigenvalue weighted by Crippen LogP contribution is 2.51. The summed E-state index contributed by atoms with van der Waals surface area (Å²) in [5, 5.41) is 1.32. The lowest BCUT2D eigenvalue weighted by molar-refractivity contribution is -0.660.